The van der Waals surface area contributed by atoms with Gasteiger partial charge in [-0.3, -0.25) is 9.59 Å². The molecule has 0 unspecified atom stereocenters. The Morgan fingerprint density at radius 2 is 2.00 bits per heavy atom. The van der Waals surface area contributed by atoms with E-state index >= 15 is 0 Å². The number of Topliss-reactive ketones (excluding diaryl/α,β-unsaturated/α-hetero) is 1. The molecule has 0 bridgehead atoms. The van der Waals surface area contributed by atoms with Crippen molar-refractivity contribution in [2.75, 3.05) is 6.61 Å². The van der Waals surface area contributed by atoms with Crippen LogP contribution in [0.5, 0.6) is 5.75 Å². The number of hydrogen-bond acceptors (Lipinski definition) is 3. The molecule has 0 amide bonds. The molecule has 0 saturated carbocycles. The first-order valence-electron chi connectivity index (χ1n) is 7.11. The van der Waals surface area contributed by atoms with Crippen LogP contribution in [0, 0.1) is 0 Å². The molecule has 0 aliphatic heterocycles. The van der Waals surface area contributed by atoms with Gasteiger partial charge in [-0.2, -0.15) is 0 Å². The fraction of sp³-hybridized carbons (Fsp3) is 0.375. The minimum atomic E-state index is -0.826. The first-order chi connectivity index (χ1) is 10.1. The zero-order chi connectivity index (χ0) is 15.2. The molecule has 0 saturated heterocycles. The summed E-state index contributed by atoms with van der Waals surface area (Å²) in [4.78, 5) is 25.8. The fourth-order valence-corrected chi connectivity index (χ4v) is 2.34. The quantitative estimate of drug-likeness (QED) is 0.576. The first-order valence-corrected chi connectivity index (χ1v) is 7.11. The summed E-state index contributed by atoms with van der Waals surface area (Å²) in [6.45, 7) is 2.44. The highest BCUT2D eigenvalue weighted by Gasteiger charge is 2.15. The van der Waals surface area contributed by atoms with E-state index < -0.39 is 5.97 Å². The molecule has 2 aromatic rings. The van der Waals surface area contributed by atoms with Crippen LogP contribution in [0.2, 0.25) is 0 Å². The molecule has 0 atom stereocenters. The van der Waals surface area contributed by atoms with Gasteiger partial charge >= 0.3 is 5.97 Å². The van der Waals surface area contributed by atoms with Crippen LogP contribution in [-0.2, 0) is 4.79 Å². The lowest BCUT2D eigenvalue weighted by atomic mass is 10.0. The molecule has 2 N–H and O–H groups in total. The fourth-order valence-electron chi connectivity index (χ4n) is 2.34. The van der Waals surface area contributed by atoms with Gasteiger partial charge in [0.15, 0.2) is 5.78 Å². The molecule has 1 aromatic carbocycles. The van der Waals surface area contributed by atoms with Crippen molar-refractivity contribution in [3.8, 4) is 5.75 Å². The molecule has 0 aliphatic carbocycles. The van der Waals surface area contributed by atoms with Crippen LogP contribution in [0.4, 0.5) is 0 Å². The Hall–Kier alpha value is -2.30. The zero-order valence-electron chi connectivity index (χ0n) is 12.0. The van der Waals surface area contributed by atoms with Crippen molar-refractivity contribution >= 4 is 22.7 Å². The average molecular weight is 289 g/mol. The molecule has 1 heterocycles. The summed E-state index contributed by atoms with van der Waals surface area (Å²) in [5, 5.41) is 9.40. The van der Waals surface area contributed by atoms with Gasteiger partial charge in [0.1, 0.15) is 5.75 Å². The largest absolute Gasteiger partial charge is 0.493 e. The van der Waals surface area contributed by atoms with Gasteiger partial charge in [-0.05, 0) is 31.9 Å². The number of benzene rings is 1. The minimum absolute atomic E-state index is 0.0128. The van der Waals surface area contributed by atoms with Gasteiger partial charge < -0.3 is 14.8 Å². The van der Waals surface area contributed by atoms with Gasteiger partial charge in [0, 0.05) is 30.1 Å². The lowest BCUT2D eigenvalue weighted by molar-refractivity contribution is -0.137. The number of carboxylic acids is 1. The second kappa shape index (κ2) is 6.92. The molecule has 2 rings (SSSR count). The number of carbonyl (C=O) groups is 2. The predicted molar refractivity (Wildman–Crippen MR) is 79.9 cm³/mol. The van der Waals surface area contributed by atoms with Gasteiger partial charge in [-0.15, -0.1) is 0 Å². The Kier molecular flexibility index (Phi) is 4.98. The van der Waals surface area contributed by atoms with Gasteiger partial charge in [-0.25, -0.2) is 0 Å². The van der Waals surface area contributed by atoms with Gasteiger partial charge in [0.25, 0.3) is 0 Å². The van der Waals surface area contributed by atoms with Crippen LogP contribution in [0.15, 0.2) is 24.4 Å². The van der Waals surface area contributed by atoms with E-state index in [1.807, 2.05) is 25.1 Å². The Morgan fingerprint density at radius 3 is 2.71 bits per heavy atom. The number of aromatic amines is 1. The van der Waals surface area contributed by atoms with E-state index in [-0.39, 0.29) is 12.2 Å². The van der Waals surface area contributed by atoms with Crippen molar-refractivity contribution in [3.05, 3.63) is 30.0 Å². The van der Waals surface area contributed by atoms with Crippen molar-refractivity contribution in [1.82, 2.24) is 4.98 Å². The van der Waals surface area contributed by atoms with Gasteiger partial charge in [-0.1, -0.05) is 6.07 Å². The number of fused-ring (bicyclic) bond motifs is 1. The number of H-pyrrole nitrogens is 1. The number of aliphatic carboxylic acids is 1. The number of ketones is 1. The molecule has 1 aromatic heterocycles. The monoisotopic (exact) mass is 289 g/mol. The number of ether oxygens (including phenoxy) is 1. The predicted octanol–water partition coefficient (Wildman–Crippen LogP) is 3.39. The highest BCUT2D eigenvalue weighted by atomic mass is 16.5. The molecular formula is C16H19NO4. The van der Waals surface area contributed by atoms with Crippen LogP contribution < -0.4 is 4.74 Å². The van der Waals surface area contributed by atoms with E-state index in [4.69, 9.17) is 9.84 Å². The highest BCUT2D eigenvalue weighted by Crippen LogP contribution is 2.29. The van der Waals surface area contributed by atoms with Crippen molar-refractivity contribution in [3.63, 3.8) is 0 Å². The Morgan fingerprint density at radius 1 is 1.24 bits per heavy atom. The highest BCUT2D eigenvalue weighted by molar-refractivity contribution is 6.09. The van der Waals surface area contributed by atoms with E-state index in [9.17, 15) is 9.59 Å². The average Bonchev–Trinajstić information content (AvgIpc) is 2.88. The molecule has 21 heavy (non-hydrogen) atoms. The molecule has 0 spiro atoms. The van der Waals surface area contributed by atoms with Crippen LogP contribution >= 0.6 is 0 Å². The standard InChI is InChI=1S/C16H19NO4/c1-2-21-14-8-5-6-12-16(14)11(10-17-12)13(18)7-3-4-9-15(19)20/h5-6,8,10,17H,2-4,7,9H2,1H3,(H,19,20). The maximum absolute atomic E-state index is 12.3. The summed E-state index contributed by atoms with van der Waals surface area (Å²) >= 11 is 0. The summed E-state index contributed by atoms with van der Waals surface area (Å²) in [6, 6.07) is 5.63. The number of carboxylic acid groups (broad SMARTS) is 1. The summed E-state index contributed by atoms with van der Waals surface area (Å²) in [6.07, 6.45) is 3.25. The number of aromatic nitrogens is 1. The smallest absolute Gasteiger partial charge is 0.303 e. The third-order valence-corrected chi connectivity index (χ3v) is 3.31. The zero-order valence-corrected chi connectivity index (χ0v) is 12.0. The lowest BCUT2D eigenvalue weighted by Gasteiger charge is -2.06. The van der Waals surface area contributed by atoms with Crippen molar-refractivity contribution in [1.29, 1.82) is 0 Å². The van der Waals surface area contributed by atoms with Crippen molar-refractivity contribution < 1.29 is 19.4 Å². The van der Waals surface area contributed by atoms with E-state index in [2.05, 4.69) is 4.98 Å². The second-order valence-corrected chi connectivity index (χ2v) is 4.84. The SMILES string of the molecule is CCOc1cccc2[nH]cc(C(=O)CCCCC(=O)O)c12. The molecule has 5 heteroatoms. The third kappa shape index (κ3) is 3.62. The topological polar surface area (TPSA) is 79.4 Å². The van der Waals surface area contributed by atoms with Gasteiger partial charge in [0.2, 0.25) is 0 Å². The molecule has 5 nitrogen and oxygen atoms in total. The van der Waals surface area contributed by atoms with E-state index in [0.717, 1.165) is 10.9 Å². The van der Waals surface area contributed by atoms with Crippen LogP contribution in [0.3, 0.4) is 0 Å². The second-order valence-electron chi connectivity index (χ2n) is 4.84. The van der Waals surface area contributed by atoms with Crippen LogP contribution in [0.1, 0.15) is 43.0 Å². The van der Waals surface area contributed by atoms with Gasteiger partial charge in [0.05, 0.1) is 12.0 Å². The lowest BCUT2D eigenvalue weighted by Crippen LogP contribution is -2.01. The Labute approximate surface area is 122 Å². The molecule has 0 fully saturated rings. The number of hydrogen-bond donors (Lipinski definition) is 2. The van der Waals surface area contributed by atoms with Crippen molar-refractivity contribution in [2.45, 2.75) is 32.6 Å². The Balaban J connectivity index is 2.13. The molecule has 112 valence electrons. The number of nitrogens with one attached hydrogen (secondary N) is 1. The normalized spacial score (nSPS) is 10.7. The van der Waals surface area contributed by atoms with E-state index in [1.165, 1.54) is 0 Å². The maximum Gasteiger partial charge on any atom is 0.303 e. The summed E-state index contributed by atoms with van der Waals surface area (Å²) < 4.78 is 5.58. The van der Waals surface area contributed by atoms with Crippen LogP contribution in [0.25, 0.3) is 10.9 Å². The first kappa shape index (κ1) is 15.1. The number of rotatable bonds is 8. The molecule has 0 radical (unpaired) electrons. The van der Waals surface area contributed by atoms with E-state index in [0.29, 0.717) is 37.2 Å². The number of carbonyl (C=O) groups excluding carboxylic acids is 1. The Bertz CT molecular complexity index is 645. The molecular weight excluding hydrogens is 270 g/mol. The third-order valence-electron chi connectivity index (χ3n) is 3.31. The van der Waals surface area contributed by atoms with Crippen molar-refractivity contribution in [2.24, 2.45) is 0 Å². The number of unbranched alkanes of at least 4 members (excludes halogenated alkanes) is 1. The van der Waals surface area contributed by atoms with Crippen LogP contribution in [-0.4, -0.2) is 28.4 Å². The summed E-state index contributed by atoms with van der Waals surface area (Å²) in [7, 11) is 0. The van der Waals surface area contributed by atoms with E-state index in [1.54, 1.807) is 6.20 Å². The minimum Gasteiger partial charge on any atom is -0.493 e. The maximum atomic E-state index is 12.3. The summed E-state index contributed by atoms with van der Waals surface area (Å²) in [5.74, 6) is -0.114. The summed E-state index contributed by atoms with van der Waals surface area (Å²) in [5.41, 5.74) is 1.49. The molecule has 0 aliphatic rings.